The van der Waals surface area contributed by atoms with Crippen molar-refractivity contribution in [1.29, 1.82) is 0 Å². The molecule has 1 saturated heterocycles. The lowest BCUT2D eigenvalue weighted by Crippen LogP contribution is -2.32. The van der Waals surface area contributed by atoms with Gasteiger partial charge < -0.3 is 0 Å². The van der Waals surface area contributed by atoms with Gasteiger partial charge in [0.1, 0.15) is 0 Å². The molecule has 0 N–H and O–H groups in total. The second kappa shape index (κ2) is 4.86. The molecule has 1 saturated carbocycles. The highest BCUT2D eigenvalue weighted by Crippen LogP contribution is 2.60. The number of likely N-dealkylation sites (tertiary alicyclic amines) is 1. The maximum absolute atomic E-state index is 6.35. The van der Waals surface area contributed by atoms with Gasteiger partial charge in [0, 0.05) is 34.6 Å². The molecule has 1 aromatic carbocycles. The summed E-state index contributed by atoms with van der Waals surface area (Å²) >= 11 is 12.3. The summed E-state index contributed by atoms with van der Waals surface area (Å²) in [6.45, 7) is 6.90. The first kappa shape index (κ1) is 14.5. The van der Waals surface area contributed by atoms with E-state index in [2.05, 4.69) is 24.8 Å². The highest BCUT2D eigenvalue weighted by atomic mass is 35.5. The fraction of sp³-hybridized carbons (Fsp3) is 0.571. The minimum atomic E-state index is 0. The summed E-state index contributed by atoms with van der Waals surface area (Å²) in [7, 11) is 0. The van der Waals surface area contributed by atoms with Crippen LogP contribution in [0.25, 0.3) is 0 Å². The third-order valence-corrected chi connectivity index (χ3v) is 4.92. The average molecular weight is 307 g/mol. The van der Waals surface area contributed by atoms with Crippen LogP contribution < -0.4 is 0 Å². The molecule has 4 heteroatoms. The molecule has 1 aliphatic heterocycles. The first-order chi connectivity index (χ1) is 8.03. The van der Waals surface area contributed by atoms with Crippen LogP contribution in [0.5, 0.6) is 0 Å². The van der Waals surface area contributed by atoms with Crippen LogP contribution in [0.15, 0.2) is 18.2 Å². The smallest absolute Gasteiger partial charge is 0.0459 e. The minimum Gasteiger partial charge on any atom is -0.300 e. The Labute approximate surface area is 125 Å². The number of benzene rings is 1. The summed E-state index contributed by atoms with van der Waals surface area (Å²) in [5.41, 5.74) is 1.63. The number of rotatable bonds is 2. The van der Waals surface area contributed by atoms with Gasteiger partial charge in [-0.15, -0.1) is 12.4 Å². The van der Waals surface area contributed by atoms with Gasteiger partial charge in [-0.2, -0.15) is 0 Å². The fourth-order valence-corrected chi connectivity index (χ4v) is 3.82. The lowest BCUT2D eigenvalue weighted by atomic mass is 9.95. The topological polar surface area (TPSA) is 3.24 Å². The van der Waals surface area contributed by atoms with E-state index in [1.165, 1.54) is 18.5 Å². The molecular formula is C14H18Cl3N. The van der Waals surface area contributed by atoms with Gasteiger partial charge in [-0.05, 0) is 43.9 Å². The van der Waals surface area contributed by atoms with Gasteiger partial charge >= 0.3 is 0 Å². The Morgan fingerprint density at radius 2 is 2.06 bits per heavy atom. The van der Waals surface area contributed by atoms with E-state index in [-0.39, 0.29) is 12.4 Å². The second-order valence-electron chi connectivity index (χ2n) is 5.70. The van der Waals surface area contributed by atoms with E-state index >= 15 is 0 Å². The van der Waals surface area contributed by atoms with Gasteiger partial charge in [0.25, 0.3) is 0 Å². The number of fused-ring (bicyclic) bond motifs is 1. The number of piperidine rings is 1. The monoisotopic (exact) mass is 305 g/mol. The maximum atomic E-state index is 6.35. The van der Waals surface area contributed by atoms with Crippen LogP contribution in [-0.4, -0.2) is 24.0 Å². The first-order valence-electron chi connectivity index (χ1n) is 6.22. The van der Waals surface area contributed by atoms with Crippen molar-refractivity contribution in [3.63, 3.8) is 0 Å². The number of halogens is 3. The van der Waals surface area contributed by atoms with E-state index in [1.54, 1.807) is 0 Å². The SMILES string of the molecule is CC(C)N1CC2CC2(c2ccc(Cl)cc2Cl)C1.Cl. The first-order valence-corrected chi connectivity index (χ1v) is 6.98. The van der Waals surface area contributed by atoms with Gasteiger partial charge in [-0.25, -0.2) is 0 Å². The van der Waals surface area contributed by atoms with E-state index < -0.39 is 0 Å². The molecule has 2 atom stereocenters. The lowest BCUT2D eigenvalue weighted by Gasteiger charge is -2.25. The molecule has 0 radical (unpaired) electrons. The van der Waals surface area contributed by atoms with Crippen molar-refractivity contribution in [3.8, 4) is 0 Å². The summed E-state index contributed by atoms with van der Waals surface area (Å²) in [6, 6.07) is 6.59. The molecule has 1 aromatic rings. The Morgan fingerprint density at radius 3 is 2.61 bits per heavy atom. The van der Waals surface area contributed by atoms with Gasteiger partial charge in [0.05, 0.1) is 0 Å². The Morgan fingerprint density at radius 1 is 1.33 bits per heavy atom. The van der Waals surface area contributed by atoms with Crippen molar-refractivity contribution in [1.82, 2.24) is 4.90 Å². The molecule has 2 unspecified atom stereocenters. The molecular weight excluding hydrogens is 289 g/mol. The minimum absolute atomic E-state index is 0. The van der Waals surface area contributed by atoms with Crippen molar-refractivity contribution in [2.45, 2.75) is 31.7 Å². The molecule has 100 valence electrons. The van der Waals surface area contributed by atoms with Crippen LogP contribution in [-0.2, 0) is 5.41 Å². The van der Waals surface area contributed by atoms with Crippen LogP contribution in [0.4, 0.5) is 0 Å². The molecule has 1 heterocycles. The fourth-order valence-electron chi connectivity index (χ4n) is 3.23. The molecule has 0 spiro atoms. The Bertz CT molecular complexity index is 460. The molecule has 0 bridgehead atoms. The molecule has 1 aliphatic carbocycles. The maximum Gasteiger partial charge on any atom is 0.0459 e. The van der Waals surface area contributed by atoms with Crippen molar-refractivity contribution >= 4 is 35.6 Å². The van der Waals surface area contributed by atoms with Crippen LogP contribution in [0, 0.1) is 5.92 Å². The summed E-state index contributed by atoms with van der Waals surface area (Å²) in [5.74, 6) is 0.795. The number of nitrogens with zero attached hydrogens (tertiary/aromatic N) is 1. The number of hydrogen-bond acceptors (Lipinski definition) is 1. The predicted molar refractivity (Wildman–Crippen MR) is 80.2 cm³/mol. The highest BCUT2D eigenvalue weighted by molar-refractivity contribution is 6.35. The van der Waals surface area contributed by atoms with Crippen molar-refractivity contribution in [3.05, 3.63) is 33.8 Å². The van der Waals surface area contributed by atoms with Crippen LogP contribution in [0.2, 0.25) is 10.0 Å². The van der Waals surface area contributed by atoms with Gasteiger partial charge in [0.15, 0.2) is 0 Å². The zero-order chi connectivity index (χ0) is 12.2. The van der Waals surface area contributed by atoms with Gasteiger partial charge in [-0.3, -0.25) is 4.90 Å². The van der Waals surface area contributed by atoms with Crippen LogP contribution in [0.3, 0.4) is 0 Å². The third kappa shape index (κ3) is 2.16. The summed E-state index contributed by atoms with van der Waals surface area (Å²) in [4.78, 5) is 2.55. The lowest BCUT2D eigenvalue weighted by molar-refractivity contribution is 0.243. The molecule has 1 nitrogen and oxygen atoms in total. The van der Waals surface area contributed by atoms with Crippen molar-refractivity contribution in [2.24, 2.45) is 5.92 Å². The van der Waals surface area contributed by atoms with E-state index in [0.29, 0.717) is 11.5 Å². The van der Waals surface area contributed by atoms with Crippen molar-refractivity contribution in [2.75, 3.05) is 13.1 Å². The second-order valence-corrected chi connectivity index (χ2v) is 6.55. The molecule has 2 fully saturated rings. The molecule has 0 aromatic heterocycles. The third-order valence-electron chi connectivity index (χ3n) is 4.37. The molecule has 18 heavy (non-hydrogen) atoms. The highest BCUT2D eigenvalue weighted by Gasteiger charge is 2.61. The molecule has 2 aliphatic rings. The largest absolute Gasteiger partial charge is 0.300 e. The predicted octanol–water partition coefficient (Wildman–Crippen LogP) is 4.40. The normalized spacial score (nSPS) is 30.2. The summed E-state index contributed by atoms with van der Waals surface area (Å²) in [6.07, 6.45) is 1.29. The summed E-state index contributed by atoms with van der Waals surface area (Å²) < 4.78 is 0. The van der Waals surface area contributed by atoms with Gasteiger partial charge in [0.2, 0.25) is 0 Å². The Hall–Kier alpha value is 0.0500. The zero-order valence-corrected chi connectivity index (χ0v) is 12.9. The molecule has 0 amide bonds. The van der Waals surface area contributed by atoms with Crippen LogP contribution >= 0.6 is 35.6 Å². The zero-order valence-electron chi connectivity index (χ0n) is 10.6. The van der Waals surface area contributed by atoms with Gasteiger partial charge in [-0.1, -0.05) is 29.3 Å². The van der Waals surface area contributed by atoms with Crippen molar-refractivity contribution < 1.29 is 0 Å². The van der Waals surface area contributed by atoms with Crippen LogP contribution in [0.1, 0.15) is 25.8 Å². The van der Waals surface area contributed by atoms with E-state index in [9.17, 15) is 0 Å². The average Bonchev–Trinajstić information content (AvgIpc) is 2.80. The standard InChI is InChI=1S/C14H17Cl2N.ClH/c1-9(2)17-7-10-6-14(10,8-17)12-4-3-11(15)5-13(12)16;/h3-5,9-10H,6-8H2,1-2H3;1H. The van der Waals surface area contributed by atoms with E-state index in [4.69, 9.17) is 23.2 Å². The Kier molecular flexibility index (Phi) is 3.91. The number of hydrogen-bond donors (Lipinski definition) is 0. The summed E-state index contributed by atoms with van der Waals surface area (Å²) in [5, 5.41) is 1.57. The molecule has 3 rings (SSSR count). The van der Waals surface area contributed by atoms with E-state index in [1.807, 2.05) is 12.1 Å². The van der Waals surface area contributed by atoms with E-state index in [0.717, 1.165) is 22.5 Å². The Balaban J connectivity index is 0.00000120. The quantitative estimate of drug-likeness (QED) is 0.783.